The van der Waals surface area contributed by atoms with Gasteiger partial charge in [0.25, 0.3) is 5.25 Å². The van der Waals surface area contributed by atoms with E-state index in [1.165, 1.54) is 0 Å². The van der Waals surface area contributed by atoms with Crippen LogP contribution in [-0.2, 0) is 23.8 Å². The van der Waals surface area contributed by atoms with Gasteiger partial charge in [-0.25, -0.2) is 9.59 Å². The Morgan fingerprint density at radius 1 is 1.17 bits per heavy atom. The predicted molar refractivity (Wildman–Crippen MR) is 66.3 cm³/mol. The highest BCUT2D eigenvalue weighted by Gasteiger charge is 2.68. The van der Waals surface area contributed by atoms with Crippen molar-refractivity contribution in [1.29, 1.82) is 0 Å². The molecule has 0 radical (unpaired) electrons. The summed E-state index contributed by atoms with van der Waals surface area (Å²) in [7, 11) is 0. The topological polar surface area (TPSA) is 61.8 Å². The van der Waals surface area contributed by atoms with Crippen molar-refractivity contribution in [2.24, 2.45) is 0 Å². The Labute approximate surface area is 132 Å². The fourth-order valence-electron chi connectivity index (χ4n) is 1.12. The zero-order valence-corrected chi connectivity index (χ0v) is 12.5. The molecule has 0 aromatic carbocycles. The van der Waals surface area contributed by atoms with E-state index in [1.807, 2.05) is 0 Å². The molecule has 0 aliphatic carbocycles. The molecule has 0 saturated heterocycles. The molecule has 12 heteroatoms. The summed E-state index contributed by atoms with van der Waals surface area (Å²) < 4.78 is 88.9. The summed E-state index contributed by atoms with van der Waals surface area (Å²) in [4.78, 5) is 22.5. The van der Waals surface area contributed by atoms with Crippen LogP contribution >= 0.6 is 12.6 Å². The van der Waals surface area contributed by atoms with E-state index < -0.39 is 54.6 Å². The Morgan fingerprint density at radius 2 is 1.70 bits per heavy atom. The first-order valence-corrected chi connectivity index (χ1v) is 6.27. The molecule has 0 aliphatic heterocycles. The van der Waals surface area contributed by atoms with E-state index in [9.17, 15) is 35.9 Å². The third kappa shape index (κ3) is 6.29. The summed E-state index contributed by atoms with van der Waals surface area (Å²) in [5.74, 6) is -10.9. The van der Waals surface area contributed by atoms with Gasteiger partial charge in [-0.2, -0.15) is 26.3 Å². The van der Waals surface area contributed by atoms with Gasteiger partial charge in [0.1, 0.15) is 0 Å². The number of rotatable bonds is 8. The fourth-order valence-corrected chi connectivity index (χ4v) is 1.21. The molecule has 0 bridgehead atoms. The van der Waals surface area contributed by atoms with Gasteiger partial charge in [0, 0.05) is 6.42 Å². The second kappa shape index (κ2) is 7.90. The number of hydrogen-bond acceptors (Lipinski definition) is 6. The quantitative estimate of drug-likeness (QED) is 0.234. The van der Waals surface area contributed by atoms with Crippen LogP contribution < -0.4 is 0 Å². The SMILES string of the molecule is C=C(F)C(=O)OC(OCCC(F)(F)S)(C(=O)OCC)C(F)(F)F. The number of esters is 2. The Bertz CT molecular complexity index is 461. The molecule has 1 atom stereocenters. The first-order valence-electron chi connectivity index (χ1n) is 5.82. The van der Waals surface area contributed by atoms with Gasteiger partial charge in [-0.3, -0.25) is 0 Å². The van der Waals surface area contributed by atoms with Crippen molar-refractivity contribution >= 4 is 24.6 Å². The number of carbonyl (C=O) groups is 2. The molecule has 0 N–H and O–H groups in total. The molecule has 0 aliphatic rings. The number of carbonyl (C=O) groups excluding carboxylic acids is 2. The van der Waals surface area contributed by atoms with Crippen molar-refractivity contribution in [3.8, 4) is 0 Å². The van der Waals surface area contributed by atoms with Crippen LogP contribution in [0, 0.1) is 0 Å². The Kier molecular flexibility index (Phi) is 7.41. The van der Waals surface area contributed by atoms with Gasteiger partial charge in [-0.15, -0.1) is 12.6 Å². The second-order valence-electron chi connectivity index (χ2n) is 3.89. The summed E-state index contributed by atoms with van der Waals surface area (Å²) in [5, 5.41) is -3.72. The molecule has 0 rings (SSSR count). The standard InChI is InChI=1S/C11H12F6O5S/c1-3-20-8(19)10(11(15,16)17,22-7(18)6(2)12)21-5-4-9(13,14)23/h23H,2-5H2,1H3. The van der Waals surface area contributed by atoms with Crippen molar-refractivity contribution in [2.45, 2.75) is 30.6 Å². The summed E-state index contributed by atoms with van der Waals surface area (Å²) in [6, 6.07) is 0. The lowest BCUT2D eigenvalue weighted by atomic mass is 10.2. The lowest BCUT2D eigenvalue weighted by Crippen LogP contribution is -2.58. The van der Waals surface area contributed by atoms with Crippen LogP contribution in [0.25, 0.3) is 0 Å². The molecular formula is C11H12F6O5S. The maximum Gasteiger partial charge on any atom is 0.468 e. The number of halogens is 6. The molecule has 23 heavy (non-hydrogen) atoms. The maximum absolute atomic E-state index is 13.1. The van der Waals surface area contributed by atoms with Gasteiger partial charge in [0.2, 0.25) is 5.83 Å². The minimum absolute atomic E-state index is 0.586. The van der Waals surface area contributed by atoms with Gasteiger partial charge in [0.15, 0.2) is 0 Å². The Balaban J connectivity index is 5.62. The zero-order chi connectivity index (χ0) is 18.5. The average Bonchev–Trinajstić information content (AvgIpc) is 2.34. The molecule has 0 aromatic heterocycles. The van der Waals surface area contributed by atoms with E-state index in [-0.39, 0.29) is 0 Å². The summed E-state index contributed by atoms with van der Waals surface area (Å²) in [5.41, 5.74) is 0. The number of alkyl halides is 5. The van der Waals surface area contributed by atoms with E-state index in [2.05, 4.69) is 33.4 Å². The van der Waals surface area contributed by atoms with Gasteiger partial charge < -0.3 is 14.2 Å². The molecular weight excluding hydrogens is 358 g/mol. The summed E-state index contributed by atoms with van der Waals surface area (Å²) in [6.45, 7) is 1.53. The normalized spacial score (nSPS) is 14.8. The molecule has 0 spiro atoms. The number of hydrogen-bond donors (Lipinski definition) is 1. The average molecular weight is 370 g/mol. The third-order valence-electron chi connectivity index (χ3n) is 2.08. The molecule has 0 fully saturated rings. The van der Waals surface area contributed by atoms with Gasteiger partial charge >= 0.3 is 23.9 Å². The zero-order valence-electron chi connectivity index (χ0n) is 11.6. The van der Waals surface area contributed by atoms with Gasteiger partial charge in [0.05, 0.1) is 13.2 Å². The predicted octanol–water partition coefficient (Wildman–Crippen LogP) is 2.76. The highest BCUT2D eigenvalue weighted by Crippen LogP contribution is 2.38. The van der Waals surface area contributed by atoms with Crippen LogP contribution in [0.4, 0.5) is 26.3 Å². The summed E-state index contributed by atoms with van der Waals surface area (Å²) >= 11 is 2.76. The highest BCUT2D eigenvalue weighted by atomic mass is 32.1. The monoisotopic (exact) mass is 370 g/mol. The molecule has 0 amide bonds. The van der Waals surface area contributed by atoms with Crippen LogP contribution in [0.3, 0.4) is 0 Å². The number of thiol groups is 1. The minimum Gasteiger partial charge on any atom is -0.461 e. The first kappa shape index (κ1) is 21.6. The van der Waals surface area contributed by atoms with Crippen LogP contribution in [0.2, 0.25) is 0 Å². The Morgan fingerprint density at radius 3 is 2.04 bits per heavy atom. The van der Waals surface area contributed by atoms with Crippen LogP contribution in [0.15, 0.2) is 12.4 Å². The molecule has 0 aromatic rings. The highest BCUT2D eigenvalue weighted by molar-refractivity contribution is 7.81. The van der Waals surface area contributed by atoms with Crippen molar-refractivity contribution in [2.75, 3.05) is 13.2 Å². The largest absolute Gasteiger partial charge is 0.468 e. The van der Waals surface area contributed by atoms with Crippen molar-refractivity contribution in [1.82, 2.24) is 0 Å². The first-order chi connectivity index (χ1) is 10.3. The lowest BCUT2D eigenvalue weighted by Gasteiger charge is -2.32. The maximum atomic E-state index is 13.1. The van der Waals surface area contributed by atoms with E-state index in [4.69, 9.17) is 0 Å². The Hall–Kier alpha value is -1.43. The van der Waals surface area contributed by atoms with E-state index >= 15 is 0 Å². The summed E-state index contributed by atoms with van der Waals surface area (Å²) in [6.07, 6.45) is -7.10. The van der Waals surface area contributed by atoms with Gasteiger partial charge in [-0.1, -0.05) is 6.58 Å². The second-order valence-corrected chi connectivity index (χ2v) is 4.55. The fraction of sp³-hybridized carbons (Fsp3) is 0.636. The van der Waals surface area contributed by atoms with E-state index in [1.54, 1.807) is 0 Å². The third-order valence-corrected chi connectivity index (χ3v) is 2.31. The lowest BCUT2D eigenvalue weighted by molar-refractivity contribution is -0.355. The minimum atomic E-state index is -5.74. The van der Waals surface area contributed by atoms with Crippen molar-refractivity contribution in [3.63, 3.8) is 0 Å². The van der Waals surface area contributed by atoms with E-state index in [0.29, 0.717) is 0 Å². The van der Waals surface area contributed by atoms with Crippen LogP contribution in [-0.4, -0.2) is 42.4 Å². The number of ether oxygens (including phenoxy) is 3. The molecule has 0 saturated carbocycles. The van der Waals surface area contributed by atoms with Gasteiger partial charge in [-0.05, 0) is 6.92 Å². The molecule has 0 heterocycles. The van der Waals surface area contributed by atoms with E-state index in [0.717, 1.165) is 6.92 Å². The molecule has 134 valence electrons. The molecule has 1 unspecified atom stereocenters. The smallest absolute Gasteiger partial charge is 0.461 e. The molecule has 5 nitrogen and oxygen atoms in total. The van der Waals surface area contributed by atoms with Crippen molar-refractivity contribution < 1.29 is 50.1 Å². The van der Waals surface area contributed by atoms with Crippen LogP contribution in [0.5, 0.6) is 0 Å². The van der Waals surface area contributed by atoms with Crippen molar-refractivity contribution in [3.05, 3.63) is 12.4 Å². The van der Waals surface area contributed by atoms with Crippen LogP contribution in [0.1, 0.15) is 13.3 Å².